The molecule has 6 heteroatoms. The van der Waals surface area contributed by atoms with E-state index in [0.717, 1.165) is 0 Å². The minimum Gasteiger partial charge on any atom is -0.507 e. The number of aromatic hydroxyl groups is 1. The molecule has 0 spiro atoms. The van der Waals surface area contributed by atoms with Crippen LogP contribution in [0.1, 0.15) is 22.8 Å². The highest BCUT2D eigenvalue weighted by atomic mass is 16.5. The molecule has 0 radical (unpaired) electrons. The lowest BCUT2D eigenvalue weighted by Crippen LogP contribution is -2.13. The summed E-state index contributed by atoms with van der Waals surface area (Å²) in [6, 6.07) is 2.41. The summed E-state index contributed by atoms with van der Waals surface area (Å²) in [4.78, 5) is 21.7. The fourth-order valence-corrected chi connectivity index (χ4v) is 1.55. The van der Waals surface area contributed by atoms with Gasteiger partial charge in [-0.1, -0.05) is 6.92 Å². The van der Waals surface area contributed by atoms with Gasteiger partial charge in [-0.3, -0.25) is 4.79 Å². The van der Waals surface area contributed by atoms with E-state index in [1.54, 1.807) is 0 Å². The third-order valence-corrected chi connectivity index (χ3v) is 2.58. The Morgan fingerprint density at radius 3 is 2.39 bits per heavy atom. The number of aliphatic carboxylic acids is 1. The molecule has 1 atom stereocenters. The lowest BCUT2D eigenvalue weighted by atomic mass is 9.98. The molecular weight excluding hydrogens is 240 g/mol. The number of benzene rings is 1. The van der Waals surface area contributed by atoms with Crippen LogP contribution in [-0.2, 0) is 11.2 Å². The van der Waals surface area contributed by atoms with Crippen LogP contribution in [-0.4, -0.2) is 34.4 Å². The van der Waals surface area contributed by atoms with E-state index in [4.69, 9.17) is 14.9 Å². The number of phenols is 1. The Kier molecular flexibility index (Phi) is 4.14. The van der Waals surface area contributed by atoms with E-state index in [1.165, 1.54) is 26.2 Å². The number of hydrogen-bond donors (Lipinski definition) is 3. The smallest absolute Gasteiger partial charge is 0.339 e. The summed E-state index contributed by atoms with van der Waals surface area (Å²) in [7, 11) is 1.37. The predicted molar refractivity (Wildman–Crippen MR) is 62.1 cm³/mol. The number of carbonyl (C=O) groups is 2. The summed E-state index contributed by atoms with van der Waals surface area (Å²) in [5.74, 6) is -3.08. The largest absolute Gasteiger partial charge is 0.507 e. The van der Waals surface area contributed by atoms with Gasteiger partial charge in [-0.15, -0.1) is 0 Å². The molecule has 0 bridgehead atoms. The molecule has 0 aliphatic carbocycles. The second kappa shape index (κ2) is 5.39. The molecule has 0 heterocycles. The molecule has 0 fully saturated rings. The summed E-state index contributed by atoms with van der Waals surface area (Å²) < 4.78 is 5.00. The number of methoxy groups -OCH3 is 1. The molecule has 6 nitrogen and oxygen atoms in total. The first kappa shape index (κ1) is 13.8. The van der Waals surface area contributed by atoms with Crippen LogP contribution >= 0.6 is 0 Å². The lowest BCUT2D eigenvalue weighted by Gasteiger charge is -2.13. The highest BCUT2D eigenvalue weighted by molar-refractivity contribution is 5.91. The van der Waals surface area contributed by atoms with Gasteiger partial charge in [0.1, 0.15) is 17.1 Å². The Morgan fingerprint density at radius 1 is 1.33 bits per heavy atom. The van der Waals surface area contributed by atoms with Crippen molar-refractivity contribution >= 4 is 11.9 Å². The molecule has 98 valence electrons. The molecule has 18 heavy (non-hydrogen) atoms. The van der Waals surface area contributed by atoms with Crippen molar-refractivity contribution in [1.29, 1.82) is 0 Å². The second-order valence-corrected chi connectivity index (χ2v) is 3.93. The number of aromatic carboxylic acids is 1. The number of rotatable bonds is 5. The number of hydrogen-bond acceptors (Lipinski definition) is 4. The zero-order chi connectivity index (χ0) is 13.9. The van der Waals surface area contributed by atoms with Crippen molar-refractivity contribution in [3.8, 4) is 11.5 Å². The highest BCUT2D eigenvalue weighted by Gasteiger charge is 2.19. The summed E-state index contributed by atoms with van der Waals surface area (Å²) in [5, 5.41) is 27.2. The molecule has 1 aromatic carbocycles. The lowest BCUT2D eigenvalue weighted by molar-refractivity contribution is -0.141. The van der Waals surface area contributed by atoms with E-state index in [1.807, 2.05) is 0 Å². The van der Waals surface area contributed by atoms with Gasteiger partial charge in [-0.05, 0) is 18.1 Å². The molecule has 0 saturated carbocycles. The predicted octanol–water partition coefficient (Wildman–Crippen LogP) is 1.36. The minimum absolute atomic E-state index is 0.124. The van der Waals surface area contributed by atoms with Crippen LogP contribution < -0.4 is 4.74 Å². The van der Waals surface area contributed by atoms with Crippen LogP contribution in [0.5, 0.6) is 11.5 Å². The van der Waals surface area contributed by atoms with E-state index in [9.17, 15) is 14.7 Å². The molecule has 1 unspecified atom stereocenters. The average molecular weight is 254 g/mol. The van der Waals surface area contributed by atoms with Crippen molar-refractivity contribution in [3.63, 3.8) is 0 Å². The summed E-state index contributed by atoms with van der Waals surface area (Å²) in [5.41, 5.74) is 0.158. The van der Waals surface area contributed by atoms with Gasteiger partial charge >= 0.3 is 11.9 Å². The van der Waals surface area contributed by atoms with E-state index >= 15 is 0 Å². The van der Waals surface area contributed by atoms with Crippen LogP contribution in [0.3, 0.4) is 0 Å². The van der Waals surface area contributed by atoms with Crippen molar-refractivity contribution in [2.45, 2.75) is 13.3 Å². The molecule has 0 aliphatic rings. The Bertz CT molecular complexity index is 480. The van der Waals surface area contributed by atoms with Gasteiger partial charge in [-0.2, -0.15) is 0 Å². The SMILES string of the molecule is COc1cc(O)c(C(=O)O)cc1CC(C)C(=O)O. The van der Waals surface area contributed by atoms with E-state index < -0.39 is 23.6 Å². The number of ether oxygens (including phenoxy) is 1. The Balaban J connectivity index is 3.19. The van der Waals surface area contributed by atoms with Gasteiger partial charge in [0.25, 0.3) is 0 Å². The molecular formula is C12H14O6. The van der Waals surface area contributed by atoms with Crippen LogP contribution in [0.2, 0.25) is 0 Å². The van der Waals surface area contributed by atoms with Crippen molar-refractivity contribution in [2.75, 3.05) is 7.11 Å². The molecule has 1 aromatic rings. The average Bonchev–Trinajstić information content (AvgIpc) is 2.30. The summed E-state index contributed by atoms with van der Waals surface area (Å²) in [6.07, 6.45) is 0.124. The first-order valence-electron chi connectivity index (χ1n) is 5.22. The Morgan fingerprint density at radius 2 is 1.94 bits per heavy atom. The maximum absolute atomic E-state index is 10.9. The fourth-order valence-electron chi connectivity index (χ4n) is 1.55. The van der Waals surface area contributed by atoms with Gasteiger partial charge in [-0.25, -0.2) is 4.79 Å². The molecule has 1 rings (SSSR count). The zero-order valence-electron chi connectivity index (χ0n) is 10.0. The summed E-state index contributed by atoms with van der Waals surface area (Å²) >= 11 is 0. The van der Waals surface area contributed by atoms with Gasteiger partial charge < -0.3 is 20.1 Å². The topological polar surface area (TPSA) is 104 Å². The molecule has 0 aromatic heterocycles. The molecule has 0 amide bonds. The third kappa shape index (κ3) is 2.91. The Labute approximate surface area is 103 Å². The Hall–Kier alpha value is -2.24. The first-order chi connectivity index (χ1) is 8.36. The van der Waals surface area contributed by atoms with Gasteiger partial charge in [0.2, 0.25) is 0 Å². The third-order valence-electron chi connectivity index (χ3n) is 2.58. The number of carboxylic acid groups (broad SMARTS) is 2. The van der Waals surface area contributed by atoms with Crippen LogP contribution in [0.15, 0.2) is 12.1 Å². The number of carboxylic acids is 2. The normalized spacial score (nSPS) is 11.9. The van der Waals surface area contributed by atoms with Crippen molar-refractivity contribution in [1.82, 2.24) is 0 Å². The van der Waals surface area contributed by atoms with Gasteiger partial charge in [0.05, 0.1) is 13.0 Å². The van der Waals surface area contributed by atoms with Gasteiger partial charge in [0.15, 0.2) is 0 Å². The van der Waals surface area contributed by atoms with Crippen LogP contribution in [0.25, 0.3) is 0 Å². The van der Waals surface area contributed by atoms with E-state index in [0.29, 0.717) is 5.56 Å². The fraction of sp³-hybridized carbons (Fsp3) is 0.333. The zero-order valence-corrected chi connectivity index (χ0v) is 10.0. The second-order valence-electron chi connectivity index (χ2n) is 3.93. The monoisotopic (exact) mass is 254 g/mol. The van der Waals surface area contributed by atoms with Crippen LogP contribution in [0.4, 0.5) is 0 Å². The highest BCUT2D eigenvalue weighted by Crippen LogP contribution is 2.30. The van der Waals surface area contributed by atoms with E-state index in [-0.39, 0.29) is 17.7 Å². The summed E-state index contributed by atoms with van der Waals surface area (Å²) in [6.45, 7) is 1.51. The molecule has 0 aliphatic heterocycles. The van der Waals surface area contributed by atoms with E-state index in [2.05, 4.69) is 0 Å². The van der Waals surface area contributed by atoms with Crippen molar-refractivity contribution in [2.24, 2.45) is 5.92 Å². The van der Waals surface area contributed by atoms with Gasteiger partial charge in [0, 0.05) is 6.07 Å². The van der Waals surface area contributed by atoms with Crippen molar-refractivity contribution in [3.05, 3.63) is 23.3 Å². The maximum atomic E-state index is 10.9. The van der Waals surface area contributed by atoms with Crippen LogP contribution in [0, 0.1) is 5.92 Å². The first-order valence-corrected chi connectivity index (χ1v) is 5.22. The minimum atomic E-state index is -1.28. The molecule has 3 N–H and O–H groups in total. The van der Waals surface area contributed by atoms with Crippen molar-refractivity contribution < 1.29 is 29.6 Å². The standard InChI is InChI=1S/C12H14O6/c1-6(11(14)15)3-7-4-8(12(16)17)9(13)5-10(7)18-2/h4-6,13H,3H2,1-2H3,(H,14,15)(H,16,17). The maximum Gasteiger partial charge on any atom is 0.339 e. The quantitative estimate of drug-likeness (QED) is 0.733. The molecule has 0 saturated heterocycles.